The van der Waals surface area contributed by atoms with Crippen LogP contribution in [0.15, 0.2) is 36.7 Å². The molecule has 1 fully saturated rings. The van der Waals surface area contributed by atoms with E-state index in [9.17, 15) is 4.79 Å². The number of likely N-dealkylation sites (tertiary alicyclic amines) is 1. The highest BCUT2D eigenvalue weighted by Gasteiger charge is 2.22. The number of piperidine rings is 1. The first kappa shape index (κ1) is 17.5. The van der Waals surface area contributed by atoms with E-state index in [0.717, 1.165) is 49.2 Å². The third kappa shape index (κ3) is 4.41. The number of aryl methyl sites for hydroxylation is 1. The van der Waals surface area contributed by atoms with Crippen LogP contribution in [0.1, 0.15) is 39.0 Å². The number of benzene rings is 1. The summed E-state index contributed by atoms with van der Waals surface area (Å²) in [4.78, 5) is 14.4. The summed E-state index contributed by atoms with van der Waals surface area (Å²) in [7, 11) is 1.67. The van der Waals surface area contributed by atoms with Crippen molar-refractivity contribution in [1.29, 1.82) is 0 Å². The highest BCUT2D eigenvalue weighted by Crippen LogP contribution is 2.22. The first-order valence-corrected chi connectivity index (χ1v) is 9.14. The second kappa shape index (κ2) is 8.19. The summed E-state index contributed by atoms with van der Waals surface area (Å²) in [5.41, 5.74) is 2.20. The summed E-state index contributed by atoms with van der Waals surface area (Å²) in [6.45, 7) is 3.85. The SMILES string of the molecule is COc1ccc(-c2cnn(CCCC(=O)N3CCCCC3C)c2)cc1. The normalized spacial score (nSPS) is 17.5. The molecular weight excluding hydrogens is 314 g/mol. The molecule has 0 N–H and O–H groups in total. The lowest BCUT2D eigenvalue weighted by Crippen LogP contribution is -2.41. The first-order valence-electron chi connectivity index (χ1n) is 9.14. The van der Waals surface area contributed by atoms with Gasteiger partial charge < -0.3 is 9.64 Å². The smallest absolute Gasteiger partial charge is 0.222 e. The van der Waals surface area contributed by atoms with Gasteiger partial charge in [0.25, 0.3) is 0 Å². The van der Waals surface area contributed by atoms with E-state index in [4.69, 9.17) is 4.74 Å². The van der Waals surface area contributed by atoms with E-state index in [2.05, 4.69) is 16.9 Å². The monoisotopic (exact) mass is 341 g/mol. The third-order valence-electron chi connectivity index (χ3n) is 4.96. The number of hydrogen-bond donors (Lipinski definition) is 0. The molecule has 3 rings (SSSR count). The number of rotatable bonds is 6. The molecule has 25 heavy (non-hydrogen) atoms. The predicted molar refractivity (Wildman–Crippen MR) is 98.5 cm³/mol. The number of nitrogens with zero attached hydrogens (tertiary/aromatic N) is 3. The Morgan fingerprint density at radius 3 is 2.76 bits per heavy atom. The summed E-state index contributed by atoms with van der Waals surface area (Å²) in [5.74, 6) is 1.14. The Labute approximate surface area is 149 Å². The zero-order valence-corrected chi connectivity index (χ0v) is 15.1. The Morgan fingerprint density at radius 2 is 2.04 bits per heavy atom. The Kier molecular flexibility index (Phi) is 5.74. The second-order valence-electron chi connectivity index (χ2n) is 6.76. The summed E-state index contributed by atoms with van der Waals surface area (Å²) in [6, 6.07) is 8.35. The number of aromatic nitrogens is 2. The van der Waals surface area contributed by atoms with Crippen molar-refractivity contribution in [1.82, 2.24) is 14.7 Å². The van der Waals surface area contributed by atoms with Gasteiger partial charge in [0.05, 0.1) is 13.3 Å². The molecule has 1 aliphatic heterocycles. The summed E-state index contributed by atoms with van der Waals surface area (Å²) in [6.07, 6.45) is 8.85. The van der Waals surface area contributed by atoms with Gasteiger partial charge >= 0.3 is 0 Å². The Morgan fingerprint density at radius 1 is 1.24 bits per heavy atom. The minimum atomic E-state index is 0.287. The van der Waals surface area contributed by atoms with Gasteiger partial charge in [0.15, 0.2) is 0 Å². The lowest BCUT2D eigenvalue weighted by Gasteiger charge is -2.33. The molecule has 0 spiro atoms. The fourth-order valence-corrected chi connectivity index (χ4v) is 3.42. The van der Waals surface area contributed by atoms with Crippen LogP contribution >= 0.6 is 0 Å². The molecule has 0 radical (unpaired) electrons. The molecule has 2 heterocycles. The molecule has 5 nitrogen and oxygen atoms in total. The fraction of sp³-hybridized carbons (Fsp3) is 0.500. The van der Waals surface area contributed by atoms with Crippen molar-refractivity contribution < 1.29 is 9.53 Å². The van der Waals surface area contributed by atoms with Gasteiger partial charge in [0.1, 0.15) is 5.75 Å². The molecule has 1 amide bonds. The summed E-state index contributed by atoms with van der Waals surface area (Å²) in [5, 5.41) is 4.42. The van der Waals surface area contributed by atoms with Crippen molar-refractivity contribution in [3.8, 4) is 16.9 Å². The van der Waals surface area contributed by atoms with Gasteiger partial charge in [0.2, 0.25) is 5.91 Å². The summed E-state index contributed by atoms with van der Waals surface area (Å²) < 4.78 is 7.11. The lowest BCUT2D eigenvalue weighted by molar-refractivity contribution is -0.134. The minimum Gasteiger partial charge on any atom is -0.497 e. The highest BCUT2D eigenvalue weighted by molar-refractivity contribution is 5.76. The molecule has 0 bridgehead atoms. The minimum absolute atomic E-state index is 0.287. The van der Waals surface area contributed by atoms with Gasteiger partial charge in [-0.05, 0) is 50.3 Å². The average molecular weight is 341 g/mol. The van der Waals surface area contributed by atoms with Crippen molar-refractivity contribution in [2.45, 2.75) is 51.6 Å². The van der Waals surface area contributed by atoms with Crippen LogP contribution in [0, 0.1) is 0 Å². The van der Waals surface area contributed by atoms with E-state index in [1.807, 2.05) is 41.3 Å². The molecule has 1 aromatic carbocycles. The number of carbonyl (C=O) groups is 1. The van der Waals surface area contributed by atoms with Crippen LogP contribution in [0.3, 0.4) is 0 Å². The molecule has 0 saturated carbocycles. The Balaban J connectivity index is 1.50. The summed E-state index contributed by atoms with van der Waals surface area (Å²) >= 11 is 0. The molecule has 0 aliphatic carbocycles. The van der Waals surface area contributed by atoms with Crippen LogP contribution in [0.4, 0.5) is 0 Å². The number of carbonyl (C=O) groups excluding carboxylic acids is 1. The number of hydrogen-bond acceptors (Lipinski definition) is 3. The number of ether oxygens (including phenoxy) is 1. The van der Waals surface area contributed by atoms with E-state index in [1.165, 1.54) is 6.42 Å². The van der Waals surface area contributed by atoms with E-state index < -0.39 is 0 Å². The maximum absolute atomic E-state index is 12.4. The first-order chi connectivity index (χ1) is 12.2. The van der Waals surface area contributed by atoms with Gasteiger partial charge in [-0.15, -0.1) is 0 Å². The van der Waals surface area contributed by atoms with Crippen molar-refractivity contribution in [2.75, 3.05) is 13.7 Å². The molecule has 1 atom stereocenters. The number of amides is 1. The molecule has 134 valence electrons. The highest BCUT2D eigenvalue weighted by atomic mass is 16.5. The topological polar surface area (TPSA) is 47.4 Å². The maximum Gasteiger partial charge on any atom is 0.222 e. The quantitative estimate of drug-likeness (QED) is 0.804. The van der Waals surface area contributed by atoms with E-state index in [-0.39, 0.29) is 5.91 Å². The van der Waals surface area contributed by atoms with Crippen LogP contribution in [-0.2, 0) is 11.3 Å². The third-order valence-corrected chi connectivity index (χ3v) is 4.96. The zero-order valence-electron chi connectivity index (χ0n) is 15.1. The Hall–Kier alpha value is -2.30. The fourth-order valence-electron chi connectivity index (χ4n) is 3.42. The van der Waals surface area contributed by atoms with Crippen LogP contribution in [0.25, 0.3) is 11.1 Å². The largest absolute Gasteiger partial charge is 0.497 e. The average Bonchev–Trinajstić information content (AvgIpc) is 3.11. The van der Waals surface area contributed by atoms with Crippen LogP contribution in [0.2, 0.25) is 0 Å². The van der Waals surface area contributed by atoms with Gasteiger partial charge in [-0.1, -0.05) is 12.1 Å². The predicted octanol–water partition coefficient (Wildman–Crippen LogP) is 3.74. The van der Waals surface area contributed by atoms with Crippen LogP contribution in [-0.4, -0.2) is 40.3 Å². The molecular formula is C20H27N3O2. The molecule has 1 aromatic heterocycles. The van der Waals surface area contributed by atoms with Crippen molar-refractivity contribution in [3.05, 3.63) is 36.7 Å². The Bertz CT molecular complexity index is 693. The van der Waals surface area contributed by atoms with Gasteiger partial charge in [0, 0.05) is 37.3 Å². The van der Waals surface area contributed by atoms with E-state index >= 15 is 0 Å². The van der Waals surface area contributed by atoms with Crippen molar-refractivity contribution in [3.63, 3.8) is 0 Å². The van der Waals surface area contributed by atoms with Crippen LogP contribution < -0.4 is 4.74 Å². The number of methoxy groups -OCH3 is 1. The zero-order chi connectivity index (χ0) is 17.6. The van der Waals surface area contributed by atoms with Gasteiger partial charge in [-0.25, -0.2) is 0 Å². The van der Waals surface area contributed by atoms with Crippen molar-refractivity contribution >= 4 is 5.91 Å². The molecule has 1 saturated heterocycles. The second-order valence-corrected chi connectivity index (χ2v) is 6.76. The van der Waals surface area contributed by atoms with E-state index in [1.54, 1.807) is 7.11 Å². The van der Waals surface area contributed by atoms with Crippen LogP contribution in [0.5, 0.6) is 5.75 Å². The molecule has 5 heteroatoms. The van der Waals surface area contributed by atoms with E-state index in [0.29, 0.717) is 12.5 Å². The molecule has 1 aliphatic rings. The standard InChI is InChI=1S/C20H27N3O2/c1-16-6-3-4-13-23(16)20(24)7-5-12-22-15-18(14-21-22)17-8-10-19(25-2)11-9-17/h8-11,14-16H,3-7,12-13H2,1-2H3. The van der Waals surface area contributed by atoms with Gasteiger partial charge in [-0.3, -0.25) is 9.48 Å². The van der Waals surface area contributed by atoms with Crippen molar-refractivity contribution in [2.24, 2.45) is 0 Å². The molecule has 2 aromatic rings. The van der Waals surface area contributed by atoms with Gasteiger partial charge in [-0.2, -0.15) is 5.10 Å². The molecule has 1 unspecified atom stereocenters. The maximum atomic E-state index is 12.4. The lowest BCUT2D eigenvalue weighted by atomic mass is 10.0.